The van der Waals surface area contributed by atoms with Gasteiger partial charge in [0.25, 0.3) is 0 Å². The fourth-order valence-corrected chi connectivity index (χ4v) is 9.04. The SMILES string of the molecule is [C-]#[N+]c1cc(-n2c3ccccc3c3c4c(ccc32)oc2ccccc24)ccc1-c1ccc(-n2c3ccccc3c3c4oc5ccccc5c4ccc32)cc1C#N. The van der Waals surface area contributed by atoms with Crippen LogP contribution >= 0.6 is 0 Å². The number of fused-ring (bicyclic) bond motifs is 14. The highest BCUT2D eigenvalue weighted by atomic mass is 16.3. The third kappa shape index (κ3) is 4.02. The highest BCUT2D eigenvalue weighted by Crippen LogP contribution is 2.44. The Morgan fingerprint density at radius 3 is 1.79 bits per heavy atom. The van der Waals surface area contributed by atoms with Gasteiger partial charge >= 0.3 is 0 Å². The third-order valence-corrected chi connectivity index (χ3v) is 11.4. The fourth-order valence-electron chi connectivity index (χ4n) is 9.04. The topological polar surface area (TPSA) is 64.3 Å². The summed E-state index contributed by atoms with van der Waals surface area (Å²) in [7, 11) is 0. The molecule has 6 heteroatoms. The minimum absolute atomic E-state index is 0.469. The Morgan fingerprint density at radius 1 is 0.464 bits per heavy atom. The summed E-state index contributed by atoms with van der Waals surface area (Å²) in [5.74, 6) is 0. The van der Waals surface area contributed by atoms with Crippen LogP contribution in [0.25, 0.3) is 115 Å². The first-order valence-electron chi connectivity index (χ1n) is 18.4. The van der Waals surface area contributed by atoms with E-state index in [9.17, 15) is 5.26 Å². The molecule has 0 spiro atoms. The van der Waals surface area contributed by atoms with E-state index in [1.807, 2.05) is 97.1 Å². The number of rotatable bonds is 3. The van der Waals surface area contributed by atoms with E-state index in [4.69, 9.17) is 15.4 Å². The summed E-state index contributed by atoms with van der Waals surface area (Å²) in [6, 6.07) is 55.7. The van der Waals surface area contributed by atoms with Crippen molar-refractivity contribution < 1.29 is 8.83 Å². The lowest BCUT2D eigenvalue weighted by molar-refractivity contribution is 0.669. The van der Waals surface area contributed by atoms with Crippen LogP contribution in [-0.2, 0) is 0 Å². The standard InChI is InChI=1S/C50H26N4O2/c1-52-39-27-31(54-40-14-6-2-11-36(40)47-42(54)24-25-46-49(47)38-13-5-9-17-45(38)55-46)19-21-33(39)32-20-18-30(26-29(32)28-51)53-41-15-7-3-12-37(41)48-43(53)23-22-35-34-10-4-8-16-44(34)56-50(35)48/h2-27H. The van der Waals surface area contributed by atoms with Crippen LogP contribution in [0.3, 0.4) is 0 Å². The molecule has 0 aliphatic rings. The maximum atomic E-state index is 10.6. The number of hydrogen-bond acceptors (Lipinski definition) is 3. The summed E-state index contributed by atoms with van der Waals surface area (Å²) in [5, 5.41) is 19.3. The first-order chi connectivity index (χ1) is 27.7. The maximum Gasteiger partial charge on any atom is 0.197 e. The first-order valence-corrected chi connectivity index (χ1v) is 18.4. The number of hydrogen-bond donors (Lipinski definition) is 0. The molecule has 12 rings (SSSR count). The summed E-state index contributed by atoms with van der Waals surface area (Å²) >= 11 is 0. The third-order valence-electron chi connectivity index (χ3n) is 11.4. The summed E-state index contributed by atoms with van der Waals surface area (Å²) in [4.78, 5) is 4.03. The van der Waals surface area contributed by atoms with Gasteiger partial charge in [0.2, 0.25) is 0 Å². The molecule has 4 aromatic heterocycles. The Labute approximate surface area is 318 Å². The number of para-hydroxylation sites is 4. The summed E-state index contributed by atoms with van der Waals surface area (Å²) in [5.41, 5.74) is 11.6. The molecule has 0 fully saturated rings. The van der Waals surface area contributed by atoms with Crippen LogP contribution in [0.2, 0.25) is 0 Å². The lowest BCUT2D eigenvalue weighted by Gasteiger charge is -2.14. The quantitative estimate of drug-likeness (QED) is 0.171. The van der Waals surface area contributed by atoms with Gasteiger partial charge in [-0.1, -0.05) is 84.9 Å². The predicted octanol–water partition coefficient (Wildman–Crippen LogP) is 13.8. The van der Waals surface area contributed by atoms with Crippen LogP contribution in [0.1, 0.15) is 5.56 Å². The molecule has 56 heavy (non-hydrogen) atoms. The van der Waals surface area contributed by atoms with E-state index in [1.165, 1.54) is 0 Å². The van der Waals surface area contributed by atoms with Crippen LogP contribution in [-0.4, -0.2) is 9.13 Å². The molecule has 258 valence electrons. The Kier molecular flexibility index (Phi) is 6.10. The monoisotopic (exact) mass is 714 g/mol. The summed E-state index contributed by atoms with van der Waals surface area (Å²) in [6.45, 7) is 8.34. The molecule has 8 aromatic carbocycles. The van der Waals surface area contributed by atoms with E-state index < -0.39 is 0 Å². The Balaban J connectivity index is 1.03. The van der Waals surface area contributed by atoms with Gasteiger partial charge in [0.15, 0.2) is 5.69 Å². The zero-order valence-electron chi connectivity index (χ0n) is 29.6. The van der Waals surface area contributed by atoms with E-state index in [1.54, 1.807) is 0 Å². The van der Waals surface area contributed by atoms with Gasteiger partial charge < -0.3 is 18.0 Å². The van der Waals surface area contributed by atoms with Gasteiger partial charge in [0, 0.05) is 49.1 Å². The predicted molar refractivity (Wildman–Crippen MR) is 226 cm³/mol. The fraction of sp³-hybridized carbons (Fsp3) is 0. The molecule has 0 unspecified atom stereocenters. The zero-order chi connectivity index (χ0) is 37.1. The molecular formula is C50H26N4O2. The highest BCUT2D eigenvalue weighted by molar-refractivity contribution is 6.27. The minimum Gasteiger partial charge on any atom is -0.456 e. The van der Waals surface area contributed by atoms with Crippen LogP contribution < -0.4 is 0 Å². The second kappa shape index (κ2) is 11.2. The van der Waals surface area contributed by atoms with E-state index in [0.717, 1.165) is 98.9 Å². The lowest BCUT2D eigenvalue weighted by Crippen LogP contribution is -1.97. The molecule has 0 saturated carbocycles. The minimum atomic E-state index is 0.469. The summed E-state index contributed by atoms with van der Waals surface area (Å²) < 4.78 is 17.2. The molecule has 0 bridgehead atoms. The molecule has 0 radical (unpaired) electrons. The molecular weight excluding hydrogens is 689 g/mol. The molecule has 0 aliphatic carbocycles. The largest absolute Gasteiger partial charge is 0.456 e. The second-order valence-electron chi connectivity index (χ2n) is 14.2. The Hall–Kier alpha value is -8.06. The molecule has 4 heterocycles. The van der Waals surface area contributed by atoms with Crippen LogP contribution in [0.15, 0.2) is 167 Å². The highest BCUT2D eigenvalue weighted by Gasteiger charge is 2.22. The van der Waals surface area contributed by atoms with Gasteiger partial charge in [-0.3, -0.25) is 0 Å². The molecule has 0 amide bonds. The average Bonchev–Trinajstić information content (AvgIpc) is 4.00. The van der Waals surface area contributed by atoms with Crippen molar-refractivity contribution in [1.29, 1.82) is 5.26 Å². The lowest BCUT2D eigenvalue weighted by atomic mass is 9.97. The van der Waals surface area contributed by atoms with Crippen molar-refractivity contribution in [3.63, 3.8) is 0 Å². The van der Waals surface area contributed by atoms with Crippen molar-refractivity contribution >= 4 is 93.2 Å². The van der Waals surface area contributed by atoms with Gasteiger partial charge in [-0.25, -0.2) is 4.85 Å². The molecule has 0 saturated heterocycles. The van der Waals surface area contributed by atoms with E-state index in [0.29, 0.717) is 22.4 Å². The van der Waals surface area contributed by atoms with Crippen LogP contribution in [0.5, 0.6) is 0 Å². The molecule has 12 aromatic rings. The Bertz CT molecular complexity index is 3750. The van der Waals surface area contributed by atoms with Crippen molar-refractivity contribution in [2.45, 2.75) is 0 Å². The number of aromatic nitrogens is 2. The number of furan rings is 2. The van der Waals surface area contributed by atoms with Gasteiger partial charge in [-0.05, 0) is 83.9 Å². The molecule has 0 aliphatic heterocycles. The average molecular weight is 715 g/mol. The number of benzene rings is 8. The molecule has 6 nitrogen and oxygen atoms in total. The first kappa shape index (κ1) is 30.4. The Morgan fingerprint density at radius 2 is 1.05 bits per heavy atom. The number of nitriles is 1. The second-order valence-corrected chi connectivity index (χ2v) is 14.2. The zero-order valence-corrected chi connectivity index (χ0v) is 29.6. The van der Waals surface area contributed by atoms with Crippen molar-refractivity contribution in [2.24, 2.45) is 0 Å². The van der Waals surface area contributed by atoms with Gasteiger partial charge in [-0.2, -0.15) is 5.26 Å². The van der Waals surface area contributed by atoms with E-state index >= 15 is 0 Å². The number of nitrogens with zero attached hydrogens (tertiary/aromatic N) is 4. The van der Waals surface area contributed by atoms with Gasteiger partial charge in [0.05, 0.1) is 45.7 Å². The normalized spacial score (nSPS) is 11.9. The maximum absolute atomic E-state index is 10.6. The van der Waals surface area contributed by atoms with E-state index in [-0.39, 0.29) is 0 Å². The molecule has 0 N–H and O–H groups in total. The van der Waals surface area contributed by atoms with E-state index in [2.05, 4.69) is 80.7 Å². The van der Waals surface area contributed by atoms with Crippen molar-refractivity contribution in [1.82, 2.24) is 9.13 Å². The smallest absolute Gasteiger partial charge is 0.197 e. The van der Waals surface area contributed by atoms with Crippen LogP contribution in [0.4, 0.5) is 5.69 Å². The summed E-state index contributed by atoms with van der Waals surface area (Å²) in [6.07, 6.45) is 0. The van der Waals surface area contributed by atoms with Gasteiger partial charge in [0.1, 0.15) is 22.3 Å². The van der Waals surface area contributed by atoms with Crippen LogP contribution in [0, 0.1) is 17.9 Å². The van der Waals surface area contributed by atoms with Gasteiger partial charge in [-0.15, -0.1) is 0 Å². The molecule has 0 atom stereocenters. The van der Waals surface area contributed by atoms with Crippen molar-refractivity contribution in [2.75, 3.05) is 0 Å². The van der Waals surface area contributed by atoms with Crippen molar-refractivity contribution in [3.8, 4) is 28.6 Å². The van der Waals surface area contributed by atoms with Crippen molar-refractivity contribution in [3.05, 3.63) is 175 Å².